The second kappa shape index (κ2) is 6.81. The molecule has 26 heavy (non-hydrogen) atoms. The van der Waals surface area contributed by atoms with Gasteiger partial charge in [-0.3, -0.25) is 4.79 Å². The number of fused-ring (bicyclic) bond motifs is 1. The quantitative estimate of drug-likeness (QED) is 0.410. The second-order valence-corrected chi connectivity index (χ2v) is 6.28. The van der Waals surface area contributed by atoms with Crippen LogP contribution in [0.3, 0.4) is 0 Å². The largest absolute Gasteiger partial charge is 0.289 e. The molecule has 4 aromatic rings. The molecule has 0 aliphatic heterocycles. The van der Waals surface area contributed by atoms with E-state index in [9.17, 15) is 4.79 Å². The third-order valence-corrected chi connectivity index (χ3v) is 4.65. The molecule has 0 radical (unpaired) electrons. The zero-order valence-electron chi connectivity index (χ0n) is 14.4. The minimum absolute atomic E-state index is 0.0351. The predicted molar refractivity (Wildman–Crippen MR) is 108 cm³/mol. The van der Waals surface area contributed by atoms with Gasteiger partial charge in [0.05, 0.1) is 0 Å². The molecule has 0 saturated carbocycles. The standard InChI is InChI=1S/C25H18O/c1-18(23-13-7-11-20-8-5-6-12-24(20)23)19-14-16-22(17-15-19)25(26)21-9-3-2-4-10-21/h2-17H,1H2. The van der Waals surface area contributed by atoms with Crippen molar-refractivity contribution in [2.45, 2.75) is 0 Å². The van der Waals surface area contributed by atoms with Crippen LogP contribution in [-0.2, 0) is 0 Å². The Labute approximate surface area is 153 Å². The van der Waals surface area contributed by atoms with Gasteiger partial charge in [0.15, 0.2) is 5.78 Å². The zero-order valence-corrected chi connectivity index (χ0v) is 14.4. The van der Waals surface area contributed by atoms with Crippen LogP contribution >= 0.6 is 0 Å². The van der Waals surface area contributed by atoms with Crippen LogP contribution in [0.2, 0.25) is 0 Å². The number of hydrogen-bond acceptors (Lipinski definition) is 1. The van der Waals surface area contributed by atoms with Gasteiger partial charge in [-0.05, 0) is 27.5 Å². The summed E-state index contributed by atoms with van der Waals surface area (Å²) in [4.78, 5) is 12.5. The van der Waals surface area contributed by atoms with Crippen LogP contribution in [0.5, 0.6) is 0 Å². The van der Waals surface area contributed by atoms with Crippen molar-refractivity contribution in [1.82, 2.24) is 0 Å². The maximum absolute atomic E-state index is 12.5. The Balaban J connectivity index is 1.66. The highest BCUT2D eigenvalue weighted by Crippen LogP contribution is 2.29. The fraction of sp³-hybridized carbons (Fsp3) is 0. The maximum atomic E-state index is 12.5. The van der Waals surface area contributed by atoms with Crippen LogP contribution in [0.25, 0.3) is 16.3 Å². The highest BCUT2D eigenvalue weighted by molar-refractivity contribution is 6.09. The van der Waals surface area contributed by atoms with E-state index in [1.54, 1.807) is 0 Å². The molecule has 0 atom stereocenters. The molecule has 0 N–H and O–H groups in total. The van der Waals surface area contributed by atoms with E-state index in [0.29, 0.717) is 11.1 Å². The number of carbonyl (C=O) groups excluding carboxylic acids is 1. The molecule has 1 heteroatoms. The molecule has 0 aliphatic rings. The van der Waals surface area contributed by atoms with Crippen LogP contribution < -0.4 is 0 Å². The summed E-state index contributed by atoms with van der Waals surface area (Å²) >= 11 is 0. The topological polar surface area (TPSA) is 17.1 Å². The van der Waals surface area contributed by atoms with Crippen molar-refractivity contribution in [2.75, 3.05) is 0 Å². The van der Waals surface area contributed by atoms with Gasteiger partial charge in [-0.1, -0.05) is 104 Å². The number of hydrogen-bond donors (Lipinski definition) is 0. The van der Waals surface area contributed by atoms with E-state index in [2.05, 4.69) is 36.9 Å². The van der Waals surface area contributed by atoms with Crippen molar-refractivity contribution in [1.29, 1.82) is 0 Å². The summed E-state index contributed by atoms with van der Waals surface area (Å²) in [6, 6.07) is 31.6. The fourth-order valence-corrected chi connectivity index (χ4v) is 3.22. The zero-order chi connectivity index (χ0) is 17.9. The Bertz CT molecular complexity index is 1080. The smallest absolute Gasteiger partial charge is 0.193 e. The van der Waals surface area contributed by atoms with Gasteiger partial charge in [0, 0.05) is 11.1 Å². The first-order chi connectivity index (χ1) is 12.7. The summed E-state index contributed by atoms with van der Waals surface area (Å²) in [7, 11) is 0. The lowest BCUT2D eigenvalue weighted by atomic mass is 9.93. The minimum Gasteiger partial charge on any atom is -0.289 e. The van der Waals surface area contributed by atoms with Gasteiger partial charge in [-0.15, -0.1) is 0 Å². The number of ketones is 1. The minimum atomic E-state index is 0.0351. The van der Waals surface area contributed by atoms with E-state index in [4.69, 9.17) is 0 Å². The molecule has 4 aromatic carbocycles. The Morgan fingerprint density at radius 1 is 0.577 bits per heavy atom. The van der Waals surface area contributed by atoms with Gasteiger partial charge in [-0.2, -0.15) is 0 Å². The molecule has 1 nitrogen and oxygen atoms in total. The van der Waals surface area contributed by atoms with Crippen LogP contribution in [-0.4, -0.2) is 5.78 Å². The van der Waals surface area contributed by atoms with Gasteiger partial charge in [0.1, 0.15) is 0 Å². The first-order valence-electron chi connectivity index (χ1n) is 8.61. The first kappa shape index (κ1) is 16.0. The first-order valence-corrected chi connectivity index (χ1v) is 8.61. The van der Waals surface area contributed by atoms with Gasteiger partial charge < -0.3 is 0 Å². The summed E-state index contributed by atoms with van der Waals surface area (Å²) in [5.74, 6) is 0.0351. The summed E-state index contributed by atoms with van der Waals surface area (Å²) in [5.41, 5.74) is 4.48. The molecule has 0 bridgehead atoms. The summed E-state index contributed by atoms with van der Waals surface area (Å²) < 4.78 is 0. The predicted octanol–water partition coefficient (Wildman–Crippen LogP) is 6.13. The Kier molecular flexibility index (Phi) is 4.20. The van der Waals surface area contributed by atoms with Crippen molar-refractivity contribution in [3.8, 4) is 0 Å². The van der Waals surface area contributed by atoms with Crippen LogP contribution in [0.1, 0.15) is 27.0 Å². The summed E-state index contributed by atoms with van der Waals surface area (Å²) in [6.45, 7) is 4.29. The SMILES string of the molecule is C=C(c1ccc(C(=O)c2ccccc2)cc1)c1cccc2ccccc12. The van der Waals surface area contributed by atoms with E-state index in [1.165, 1.54) is 10.8 Å². The monoisotopic (exact) mass is 334 g/mol. The molecule has 0 fully saturated rings. The van der Waals surface area contributed by atoms with Crippen LogP contribution in [0, 0.1) is 0 Å². The van der Waals surface area contributed by atoms with Gasteiger partial charge in [0.2, 0.25) is 0 Å². The lowest BCUT2D eigenvalue weighted by Crippen LogP contribution is -2.01. The van der Waals surface area contributed by atoms with Crippen LogP contribution in [0.15, 0.2) is 104 Å². The Morgan fingerprint density at radius 2 is 1.15 bits per heavy atom. The molecule has 124 valence electrons. The average Bonchev–Trinajstić information content (AvgIpc) is 2.73. The third kappa shape index (κ3) is 2.96. The number of carbonyl (C=O) groups is 1. The molecule has 0 saturated heterocycles. The highest BCUT2D eigenvalue weighted by atomic mass is 16.1. The highest BCUT2D eigenvalue weighted by Gasteiger charge is 2.10. The lowest BCUT2D eigenvalue weighted by Gasteiger charge is -2.11. The normalized spacial score (nSPS) is 10.6. The van der Waals surface area contributed by atoms with Crippen molar-refractivity contribution in [3.63, 3.8) is 0 Å². The van der Waals surface area contributed by atoms with E-state index in [0.717, 1.165) is 16.7 Å². The van der Waals surface area contributed by atoms with Gasteiger partial charge >= 0.3 is 0 Å². The van der Waals surface area contributed by atoms with E-state index >= 15 is 0 Å². The van der Waals surface area contributed by atoms with E-state index in [1.807, 2.05) is 66.7 Å². The molecule has 0 heterocycles. The third-order valence-electron chi connectivity index (χ3n) is 4.65. The summed E-state index contributed by atoms with van der Waals surface area (Å²) in [6.07, 6.45) is 0. The molecule has 0 aliphatic carbocycles. The van der Waals surface area contributed by atoms with E-state index < -0.39 is 0 Å². The Morgan fingerprint density at radius 3 is 1.92 bits per heavy atom. The molecular weight excluding hydrogens is 316 g/mol. The van der Waals surface area contributed by atoms with Crippen molar-refractivity contribution < 1.29 is 4.79 Å². The molecule has 0 aromatic heterocycles. The van der Waals surface area contributed by atoms with E-state index in [-0.39, 0.29) is 5.78 Å². The number of benzene rings is 4. The molecule has 0 amide bonds. The van der Waals surface area contributed by atoms with Crippen molar-refractivity contribution >= 4 is 22.1 Å². The fourth-order valence-electron chi connectivity index (χ4n) is 3.22. The second-order valence-electron chi connectivity index (χ2n) is 6.28. The van der Waals surface area contributed by atoms with Crippen LogP contribution in [0.4, 0.5) is 0 Å². The molecular formula is C25H18O. The van der Waals surface area contributed by atoms with Crippen molar-refractivity contribution in [3.05, 3.63) is 126 Å². The Hall–Kier alpha value is -3.45. The molecule has 0 spiro atoms. The lowest BCUT2D eigenvalue weighted by molar-refractivity contribution is 0.103. The molecule has 4 rings (SSSR count). The average molecular weight is 334 g/mol. The summed E-state index contributed by atoms with van der Waals surface area (Å²) in [5, 5.41) is 2.38. The van der Waals surface area contributed by atoms with Gasteiger partial charge in [-0.25, -0.2) is 0 Å². The van der Waals surface area contributed by atoms with Crippen molar-refractivity contribution in [2.24, 2.45) is 0 Å². The maximum Gasteiger partial charge on any atom is 0.193 e. The number of rotatable bonds is 4. The van der Waals surface area contributed by atoms with Gasteiger partial charge in [0.25, 0.3) is 0 Å². The molecule has 0 unspecified atom stereocenters.